The Kier molecular flexibility index (Phi) is 11.8. The van der Waals surface area contributed by atoms with E-state index in [0.29, 0.717) is 23.5 Å². The summed E-state index contributed by atoms with van der Waals surface area (Å²) in [6, 6.07) is 31.0. The van der Waals surface area contributed by atoms with Crippen molar-refractivity contribution >= 4 is 46.9 Å². The predicted octanol–water partition coefficient (Wildman–Crippen LogP) is 7.70. The number of anilines is 2. The van der Waals surface area contributed by atoms with Gasteiger partial charge < -0.3 is 20.7 Å². The van der Waals surface area contributed by atoms with Gasteiger partial charge in [0.15, 0.2) is 0 Å². The second-order valence-corrected chi connectivity index (χ2v) is 11.7. The van der Waals surface area contributed by atoms with Gasteiger partial charge in [-0.2, -0.15) is 0 Å². The number of hydrogen-bond donors (Lipinski definition) is 3. The number of hydrogen-bond acceptors (Lipinski definition) is 5. The summed E-state index contributed by atoms with van der Waals surface area (Å²) in [6.07, 6.45) is 3.73. The minimum Gasteiger partial charge on any atom is -0.494 e. The van der Waals surface area contributed by atoms with Crippen LogP contribution in [0, 0.1) is 6.92 Å². The number of benzene rings is 4. The molecule has 0 saturated carbocycles. The minimum atomic E-state index is -0.453. The van der Waals surface area contributed by atoms with Crippen molar-refractivity contribution in [2.75, 3.05) is 17.2 Å². The molecule has 0 bridgehead atoms. The standard InChI is InChI=1S/C36H37N3O4S/c1-4-5-22-43-31-18-14-29(15-19-31)37-34(40)26(3)44-32-20-16-30(17-21-32)38-36(42)33(24-27-11-9-10-25(2)23-27)39-35(41)28-12-7-6-8-13-28/h6-21,23-24,26H,4-5,22H2,1-3H3,(H,37,40)(H,38,42)(H,39,41)/b33-24-. The number of rotatable bonds is 13. The first-order valence-corrected chi connectivity index (χ1v) is 15.4. The number of carbonyl (C=O) groups is 3. The first kappa shape index (κ1) is 32.1. The molecule has 0 heterocycles. The molecule has 0 aliphatic carbocycles. The summed E-state index contributed by atoms with van der Waals surface area (Å²) in [5, 5.41) is 8.22. The number of carbonyl (C=O) groups excluding carboxylic acids is 3. The van der Waals surface area contributed by atoms with Gasteiger partial charge >= 0.3 is 0 Å². The Morgan fingerprint density at radius 3 is 2.20 bits per heavy atom. The molecule has 7 nitrogen and oxygen atoms in total. The Morgan fingerprint density at radius 1 is 0.841 bits per heavy atom. The highest BCUT2D eigenvalue weighted by Gasteiger charge is 2.17. The lowest BCUT2D eigenvalue weighted by Crippen LogP contribution is -2.30. The van der Waals surface area contributed by atoms with Crippen molar-refractivity contribution in [2.24, 2.45) is 0 Å². The van der Waals surface area contributed by atoms with Crippen molar-refractivity contribution in [3.8, 4) is 5.75 Å². The van der Waals surface area contributed by atoms with Crippen LogP contribution in [-0.4, -0.2) is 29.6 Å². The highest BCUT2D eigenvalue weighted by molar-refractivity contribution is 8.00. The van der Waals surface area contributed by atoms with E-state index in [2.05, 4.69) is 22.9 Å². The molecule has 3 amide bonds. The molecule has 0 aliphatic heterocycles. The fourth-order valence-electron chi connectivity index (χ4n) is 4.15. The second kappa shape index (κ2) is 16.1. The molecule has 226 valence electrons. The maximum absolute atomic E-state index is 13.3. The number of aryl methyl sites for hydroxylation is 1. The van der Waals surface area contributed by atoms with Crippen LogP contribution >= 0.6 is 11.8 Å². The summed E-state index contributed by atoms with van der Waals surface area (Å²) in [6.45, 7) is 6.60. The van der Waals surface area contributed by atoms with Gasteiger partial charge in [0, 0.05) is 21.8 Å². The van der Waals surface area contributed by atoms with Crippen LogP contribution in [0.5, 0.6) is 5.75 Å². The first-order valence-electron chi connectivity index (χ1n) is 14.6. The van der Waals surface area contributed by atoms with E-state index in [1.54, 1.807) is 42.5 Å². The maximum atomic E-state index is 13.3. The summed E-state index contributed by atoms with van der Waals surface area (Å²) in [7, 11) is 0. The molecule has 44 heavy (non-hydrogen) atoms. The number of unbranched alkanes of at least 4 members (excludes halogenated alkanes) is 1. The lowest BCUT2D eigenvalue weighted by molar-refractivity contribution is -0.115. The number of ether oxygens (including phenoxy) is 1. The molecular weight excluding hydrogens is 570 g/mol. The van der Waals surface area contributed by atoms with Crippen molar-refractivity contribution in [2.45, 2.75) is 43.8 Å². The zero-order valence-electron chi connectivity index (χ0n) is 25.1. The third-order valence-corrected chi connectivity index (χ3v) is 7.68. The highest BCUT2D eigenvalue weighted by Crippen LogP contribution is 2.26. The monoisotopic (exact) mass is 607 g/mol. The maximum Gasteiger partial charge on any atom is 0.272 e. The van der Waals surface area contributed by atoms with Gasteiger partial charge in [-0.15, -0.1) is 11.8 Å². The molecule has 1 atom stereocenters. The lowest BCUT2D eigenvalue weighted by Gasteiger charge is -2.14. The van der Waals surface area contributed by atoms with Crippen molar-refractivity contribution in [1.82, 2.24) is 5.32 Å². The molecule has 8 heteroatoms. The Labute approximate surface area is 263 Å². The van der Waals surface area contributed by atoms with Crippen LogP contribution < -0.4 is 20.7 Å². The molecular formula is C36H37N3O4S. The van der Waals surface area contributed by atoms with Gasteiger partial charge in [0.1, 0.15) is 11.4 Å². The predicted molar refractivity (Wildman–Crippen MR) is 179 cm³/mol. The third-order valence-electron chi connectivity index (χ3n) is 6.56. The smallest absolute Gasteiger partial charge is 0.272 e. The summed E-state index contributed by atoms with van der Waals surface area (Å²) in [5.41, 5.74) is 3.66. The largest absolute Gasteiger partial charge is 0.494 e. The van der Waals surface area contributed by atoms with Gasteiger partial charge in [-0.1, -0.05) is 61.4 Å². The van der Waals surface area contributed by atoms with E-state index in [9.17, 15) is 14.4 Å². The average molecular weight is 608 g/mol. The summed E-state index contributed by atoms with van der Waals surface area (Å²) >= 11 is 1.41. The van der Waals surface area contributed by atoms with Crippen molar-refractivity contribution in [3.05, 3.63) is 126 Å². The molecule has 1 unspecified atom stereocenters. The van der Waals surface area contributed by atoms with Crippen LogP contribution in [0.1, 0.15) is 48.2 Å². The third kappa shape index (κ3) is 9.88. The van der Waals surface area contributed by atoms with E-state index in [4.69, 9.17) is 4.74 Å². The first-order chi connectivity index (χ1) is 21.3. The van der Waals surface area contributed by atoms with Crippen LogP contribution in [0.25, 0.3) is 6.08 Å². The van der Waals surface area contributed by atoms with E-state index in [0.717, 1.165) is 34.6 Å². The second-order valence-electron chi connectivity index (χ2n) is 10.2. The molecule has 0 aliphatic rings. The SMILES string of the molecule is CCCCOc1ccc(NC(=O)C(C)Sc2ccc(NC(=O)/C(=C/c3cccc(C)c3)NC(=O)c3ccccc3)cc2)cc1. The number of thioether (sulfide) groups is 1. The molecule has 4 aromatic rings. The van der Waals surface area contributed by atoms with Crippen molar-refractivity contribution < 1.29 is 19.1 Å². The lowest BCUT2D eigenvalue weighted by atomic mass is 10.1. The normalized spacial score (nSPS) is 11.8. The van der Waals surface area contributed by atoms with Crippen molar-refractivity contribution in [3.63, 3.8) is 0 Å². The van der Waals surface area contributed by atoms with E-state index in [1.165, 1.54) is 11.8 Å². The van der Waals surface area contributed by atoms with Gasteiger partial charge in [-0.05, 0) is 92.6 Å². The zero-order valence-corrected chi connectivity index (χ0v) is 25.9. The van der Waals surface area contributed by atoms with E-state index >= 15 is 0 Å². The molecule has 4 rings (SSSR count). The van der Waals surface area contributed by atoms with Crippen LogP contribution in [0.15, 0.2) is 114 Å². The quantitative estimate of drug-likeness (QED) is 0.0822. The summed E-state index contributed by atoms with van der Waals surface area (Å²) in [4.78, 5) is 39.9. The molecule has 0 radical (unpaired) electrons. The summed E-state index contributed by atoms with van der Waals surface area (Å²) < 4.78 is 5.68. The Hall–Kier alpha value is -4.82. The molecule has 0 aromatic heterocycles. The van der Waals surface area contributed by atoms with Crippen LogP contribution in [-0.2, 0) is 9.59 Å². The van der Waals surface area contributed by atoms with Crippen LogP contribution in [0.2, 0.25) is 0 Å². The van der Waals surface area contributed by atoms with Gasteiger partial charge in [0.25, 0.3) is 11.8 Å². The van der Waals surface area contributed by atoms with Gasteiger partial charge in [0.05, 0.1) is 11.9 Å². The highest BCUT2D eigenvalue weighted by atomic mass is 32.2. The molecule has 0 spiro atoms. The molecule has 0 saturated heterocycles. The Bertz CT molecular complexity index is 1590. The average Bonchev–Trinajstić information content (AvgIpc) is 3.03. The number of nitrogens with one attached hydrogen (secondary N) is 3. The minimum absolute atomic E-state index is 0.118. The van der Waals surface area contributed by atoms with Crippen molar-refractivity contribution in [1.29, 1.82) is 0 Å². The summed E-state index contributed by atoms with van der Waals surface area (Å²) in [5.74, 6) is -0.171. The van der Waals surface area contributed by atoms with Crippen LogP contribution in [0.4, 0.5) is 11.4 Å². The van der Waals surface area contributed by atoms with E-state index in [-0.39, 0.29) is 22.8 Å². The Balaban J connectivity index is 1.36. The topological polar surface area (TPSA) is 96.5 Å². The van der Waals surface area contributed by atoms with E-state index < -0.39 is 5.91 Å². The van der Waals surface area contributed by atoms with E-state index in [1.807, 2.05) is 80.6 Å². The molecule has 0 fully saturated rings. The molecule has 3 N–H and O–H groups in total. The fourth-order valence-corrected chi connectivity index (χ4v) is 5.02. The Morgan fingerprint density at radius 2 is 1.52 bits per heavy atom. The van der Waals surface area contributed by atoms with Crippen LogP contribution in [0.3, 0.4) is 0 Å². The number of amides is 3. The van der Waals surface area contributed by atoms with Gasteiger partial charge in [-0.3, -0.25) is 14.4 Å². The zero-order chi connectivity index (χ0) is 31.3. The van der Waals surface area contributed by atoms with Gasteiger partial charge in [-0.25, -0.2) is 0 Å². The van der Waals surface area contributed by atoms with Gasteiger partial charge in [0.2, 0.25) is 5.91 Å². The fraction of sp³-hybridized carbons (Fsp3) is 0.194. The molecule has 4 aromatic carbocycles.